The Bertz CT molecular complexity index is 184. The molecule has 0 aromatic carbocycles. The largest absolute Gasteiger partial charge is 0.390 e. The van der Waals surface area contributed by atoms with Crippen molar-refractivity contribution < 1.29 is 23.0 Å². The molecule has 0 aliphatic carbocycles. The first-order chi connectivity index (χ1) is 6.91. The fraction of sp³-hybridized carbons (Fsp3) is 1.00. The molecular weight excluding hydrogens is 209 g/mol. The van der Waals surface area contributed by atoms with E-state index >= 15 is 0 Å². The number of aliphatic hydroxyl groups is 1. The number of rotatable bonds is 3. The first kappa shape index (κ1) is 12.8. The van der Waals surface area contributed by atoms with E-state index in [0.29, 0.717) is 26.1 Å². The molecule has 0 radical (unpaired) electrons. The number of alkyl halides is 3. The highest BCUT2D eigenvalue weighted by atomic mass is 19.4. The minimum Gasteiger partial charge on any atom is -0.390 e. The molecule has 0 spiro atoms. The summed E-state index contributed by atoms with van der Waals surface area (Å²) in [7, 11) is 0. The van der Waals surface area contributed by atoms with Crippen LogP contribution in [0.3, 0.4) is 0 Å². The van der Waals surface area contributed by atoms with Gasteiger partial charge in [-0.3, -0.25) is 0 Å². The smallest absolute Gasteiger partial charge is 0.389 e. The zero-order valence-corrected chi connectivity index (χ0v) is 8.65. The van der Waals surface area contributed by atoms with E-state index in [-0.39, 0.29) is 12.8 Å². The van der Waals surface area contributed by atoms with Crippen molar-refractivity contribution in [3.8, 4) is 0 Å². The highest BCUT2D eigenvalue weighted by Crippen LogP contribution is 2.30. The van der Waals surface area contributed by atoms with Crippen LogP contribution in [-0.4, -0.2) is 30.1 Å². The van der Waals surface area contributed by atoms with Crippen LogP contribution >= 0.6 is 0 Å². The third-order valence-electron chi connectivity index (χ3n) is 2.74. The van der Waals surface area contributed by atoms with E-state index in [1.807, 2.05) is 0 Å². The van der Waals surface area contributed by atoms with Crippen molar-refractivity contribution in [2.75, 3.05) is 13.2 Å². The number of halogens is 3. The predicted octanol–water partition coefficient (Wildman–Crippen LogP) is 2.65. The van der Waals surface area contributed by atoms with Gasteiger partial charge in [0.25, 0.3) is 0 Å². The molecule has 1 fully saturated rings. The van der Waals surface area contributed by atoms with E-state index in [1.165, 1.54) is 0 Å². The number of hydrogen-bond acceptors (Lipinski definition) is 2. The summed E-state index contributed by atoms with van der Waals surface area (Å²) in [5.41, 5.74) is -0.943. The Morgan fingerprint density at radius 1 is 1.20 bits per heavy atom. The summed E-state index contributed by atoms with van der Waals surface area (Å²) in [6.45, 7) is 1.05. The molecule has 1 rings (SSSR count). The van der Waals surface area contributed by atoms with Crippen LogP contribution in [0.5, 0.6) is 0 Å². The lowest BCUT2D eigenvalue weighted by Crippen LogP contribution is -2.29. The molecule has 0 aromatic heterocycles. The lowest BCUT2D eigenvalue weighted by atomic mass is 9.89. The fourth-order valence-corrected chi connectivity index (χ4v) is 1.86. The summed E-state index contributed by atoms with van der Waals surface area (Å²) in [6, 6.07) is 0. The van der Waals surface area contributed by atoms with Gasteiger partial charge in [0.2, 0.25) is 0 Å². The number of ether oxygens (including phenoxy) is 1. The van der Waals surface area contributed by atoms with Crippen molar-refractivity contribution >= 4 is 0 Å². The molecule has 1 atom stereocenters. The Balaban J connectivity index is 2.28. The second-order valence-corrected chi connectivity index (χ2v) is 4.16. The van der Waals surface area contributed by atoms with Crippen molar-refractivity contribution in [3.63, 3.8) is 0 Å². The summed E-state index contributed by atoms with van der Waals surface area (Å²) in [5, 5.41) is 10.0. The molecule has 1 aliphatic rings. The third kappa shape index (κ3) is 5.37. The average molecular weight is 226 g/mol. The first-order valence-corrected chi connectivity index (χ1v) is 5.28. The standard InChI is InChI=1S/C10H17F3O2/c11-10(12,13)5-1-3-9(14)4-2-7-15-8-6-9/h14H,1-8H2. The SMILES string of the molecule is OC1(CCCC(F)(F)F)CCCOCC1. The van der Waals surface area contributed by atoms with Gasteiger partial charge in [-0.25, -0.2) is 0 Å². The van der Waals surface area contributed by atoms with Crippen LogP contribution in [0.4, 0.5) is 13.2 Å². The molecule has 2 nitrogen and oxygen atoms in total. The molecular formula is C10H17F3O2. The predicted molar refractivity (Wildman–Crippen MR) is 49.5 cm³/mol. The maximum Gasteiger partial charge on any atom is 0.389 e. The Morgan fingerprint density at radius 2 is 1.93 bits per heavy atom. The summed E-state index contributed by atoms with van der Waals surface area (Å²) in [4.78, 5) is 0. The van der Waals surface area contributed by atoms with Gasteiger partial charge in [-0.1, -0.05) is 0 Å². The van der Waals surface area contributed by atoms with Gasteiger partial charge < -0.3 is 9.84 Å². The second-order valence-electron chi connectivity index (χ2n) is 4.16. The Hall–Kier alpha value is -0.290. The summed E-state index contributed by atoms with van der Waals surface area (Å²) >= 11 is 0. The molecule has 15 heavy (non-hydrogen) atoms. The van der Waals surface area contributed by atoms with Crippen molar-refractivity contribution in [1.29, 1.82) is 0 Å². The molecule has 1 N–H and O–H groups in total. The normalized spacial score (nSPS) is 28.8. The van der Waals surface area contributed by atoms with Crippen molar-refractivity contribution in [1.82, 2.24) is 0 Å². The Labute approximate surface area is 87.4 Å². The van der Waals surface area contributed by atoms with E-state index in [0.717, 1.165) is 6.42 Å². The topological polar surface area (TPSA) is 29.5 Å². The van der Waals surface area contributed by atoms with Crippen LogP contribution in [-0.2, 0) is 4.74 Å². The van der Waals surface area contributed by atoms with Gasteiger partial charge in [-0.05, 0) is 32.1 Å². The second kappa shape index (κ2) is 5.16. The Morgan fingerprint density at radius 3 is 2.60 bits per heavy atom. The quantitative estimate of drug-likeness (QED) is 0.801. The number of hydrogen-bond donors (Lipinski definition) is 1. The monoisotopic (exact) mass is 226 g/mol. The van der Waals surface area contributed by atoms with Gasteiger partial charge in [-0.15, -0.1) is 0 Å². The maximum absolute atomic E-state index is 11.9. The van der Waals surface area contributed by atoms with Crippen LogP contribution in [0.1, 0.15) is 38.5 Å². The van der Waals surface area contributed by atoms with E-state index in [1.54, 1.807) is 0 Å². The van der Waals surface area contributed by atoms with E-state index in [2.05, 4.69) is 0 Å². The summed E-state index contributed by atoms with van der Waals surface area (Å²) in [5.74, 6) is 0. The van der Waals surface area contributed by atoms with Crippen molar-refractivity contribution in [2.24, 2.45) is 0 Å². The zero-order valence-electron chi connectivity index (χ0n) is 8.65. The fourth-order valence-electron chi connectivity index (χ4n) is 1.86. The molecule has 1 heterocycles. The molecule has 1 aliphatic heterocycles. The van der Waals surface area contributed by atoms with Crippen LogP contribution in [0, 0.1) is 0 Å². The molecule has 0 amide bonds. The molecule has 5 heteroatoms. The molecule has 1 unspecified atom stereocenters. The van der Waals surface area contributed by atoms with Crippen LogP contribution in [0.2, 0.25) is 0 Å². The van der Waals surface area contributed by atoms with Gasteiger partial charge in [-0.2, -0.15) is 13.2 Å². The maximum atomic E-state index is 11.9. The van der Waals surface area contributed by atoms with Crippen LogP contribution in [0.25, 0.3) is 0 Å². The highest BCUT2D eigenvalue weighted by molar-refractivity contribution is 4.80. The van der Waals surface area contributed by atoms with Crippen LogP contribution in [0.15, 0.2) is 0 Å². The van der Waals surface area contributed by atoms with Crippen molar-refractivity contribution in [3.05, 3.63) is 0 Å². The summed E-state index contributed by atoms with van der Waals surface area (Å²) in [6.07, 6.45) is -2.98. The lowest BCUT2D eigenvalue weighted by Gasteiger charge is -2.26. The zero-order chi connectivity index (χ0) is 11.4. The third-order valence-corrected chi connectivity index (χ3v) is 2.74. The van der Waals surface area contributed by atoms with Crippen LogP contribution < -0.4 is 0 Å². The molecule has 90 valence electrons. The van der Waals surface area contributed by atoms with Crippen molar-refractivity contribution in [2.45, 2.75) is 50.3 Å². The minimum absolute atomic E-state index is 0. The van der Waals surface area contributed by atoms with Gasteiger partial charge in [0.15, 0.2) is 0 Å². The van der Waals surface area contributed by atoms with Gasteiger partial charge >= 0.3 is 6.18 Å². The minimum atomic E-state index is -4.11. The van der Waals surface area contributed by atoms with Gasteiger partial charge in [0.05, 0.1) is 5.60 Å². The van der Waals surface area contributed by atoms with Gasteiger partial charge in [0.1, 0.15) is 0 Å². The molecule has 0 bridgehead atoms. The van der Waals surface area contributed by atoms with E-state index in [4.69, 9.17) is 4.74 Å². The Kier molecular flexibility index (Phi) is 4.40. The molecule has 0 aromatic rings. The summed E-state index contributed by atoms with van der Waals surface area (Å²) < 4.78 is 40.9. The van der Waals surface area contributed by atoms with E-state index < -0.39 is 18.2 Å². The molecule has 0 saturated carbocycles. The highest BCUT2D eigenvalue weighted by Gasteiger charge is 2.31. The average Bonchev–Trinajstić information content (AvgIpc) is 2.28. The van der Waals surface area contributed by atoms with Gasteiger partial charge in [0, 0.05) is 19.6 Å². The first-order valence-electron chi connectivity index (χ1n) is 5.28. The lowest BCUT2D eigenvalue weighted by molar-refractivity contribution is -0.138. The molecule has 1 saturated heterocycles. The van der Waals surface area contributed by atoms with E-state index in [9.17, 15) is 18.3 Å².